The van der Waals surface area contributed by atoms with Gasteiger partial charge in [-0.3, -0.25) is 19.7 Å². The average molecular weight is 295 g/mol. The number of likely N-dealkylation sites (tertiary alicyclic amines) is 1. The summed E-state index contributed by atoms with van der Waals surface area (Å²) in [4.78, 5) is 34.4. The molecular formula is C13H14FN3O4. The van der Waals surface area contributed by atoms with Crippen molar-refractivity contribution in [1.29, 1.82) is 0 Å². The van der Waals surface area contributed by atoms with Crippen molar-refractivity contribution in [2.75, 3.05) is 13.1 Å². The van der Waals surface area contributed by atoms with E-state index in [2.05, 4.69) is 0 Å². The van der Waals surface area contributed by atoms with Crippen molar-refractivity contribution in [3.8, 4) is 0 Å². The molecule has 7 nitrogen and oxygen atoms in total. The van der Waals surface area contributed by atoms with Gasteiger partial charge in [0.15, 0.2) is 0 Å². The lowest BCUT2D eigenvalue weighted by Gasteiger charge is -2.30. The highest BCUT2D eigenvalue weighted by Crippen LogP contribution is 2.22. The van der Waals surface area contributed by atoms with Crippen molar-refractivity contribution >= 4 is 17.5 Å². The Morgan fingerprint density at radius 3 is 2.43 bits per heavy atom. The third-order valence-corrected chi connectivity index (χ3v) is 3.58. The molecule has 1 fully saturated rings. The van der Waals surface area contributed by atoms with Crippen LogP contribution in [0.1, 0.15) is 23.2 Å². The van der Waals surface area contributed by atoms with Crippen LogP contribution in [0.2, 0.25) is 0 Å². The van der Waals surface area contributed by atoms with Gasteiger partial charge in [-0.05, 0) is 25.0 Å². The van der Waals surface area contributed by atoms with E-state index >= 15 is 0 Å². The zero-order valence-corrected chi connectivity index (χ0v) is 11.1. The van der Waals surface area contributed by atoms with E-state index in [1.54, 1.807) is 0 Å². The average Bonchev–Trinajstić information content (AvgIpc) is 2.46. The fourth-order valence-electron chi connectivity index (χ4n) is 2.34. The number of piperidine rings is 1. The van der Waals surface area contributed by atoms with Gasteiger partial charge in [0.25, 0.3) is 5.91 Å². The minimum absolute atomic E-state index is 0.0515. The molecule has 0 bridgehead atoms. The summed E-state index contributed by atoms with van der Waals surface area (Å²) in [5.41, 5.74) is 4.59. The maximum absolute atomic E-state index is 13.5. The number of nitrogens with two attached hydrogens (primary N) is 1. The molecule has 0 spiro atoms. The van der Waals surface area contributed by atoms with E-state index in [9.17, 15) is 24.1 Å². The van der Waals surface area contributed by atoms with Gasteiger partial charge < -0.3 is 10.6 Å². The molecule has 1 aromatic carbocycles. The third kappa shape index (κ3) is 3.15. The van der Waals surface area contributed by atoms with Crippen molar-refractivity contribution in [3.05, 3.63) is 39.7 Å². The Labute approximate surface area is 119 Å². The van der Waals surface area contributed by atoms with Gasteiger partial charge in [-0.2, -0.15) is 4.39 Å². The first-order chi connectivity index (χ1) is 9.90. The van der Waals surface area contributed by atoms with Crippen LogP contribution < -0.4 is 5.73 Å². The smallest absolute Gasteiger partial charge is 0.304 e. The number of nitro groups is 1. The predicted molar refractivity (Wildman–Crippen MR) is 70.9 cm³/mol. The third-order valence-electron chi connectivity index (χ3n) is 3.58. The summed E-state index contributed by atoms with van der Waals surface area (Å²) in [6.45, 7) is 0.704. The van der Waals surface area contributed by atoms with Gasteiger partial charge in [0.05, 0.1) is 4.92 Å². The predicted octanol–water partition coefficient (Wildman–Crippen LogP) is 1.07. The van der Waals surface area contributed by atoms with Crippen LogP contribution in [0.5, 0.6) is 0 Å². The summed E-state index contributed by atoms with van der Waals surface area (Å²) < 4.78 is 13.5. The van der Waals surface area contributed by atoms with E-state index in [0.717, 1.165) is 12.1 Å². The molecule has 1 aliphatic heterocycles. The van der Waals surface area contributed by atoms with Gasteiger partial charge in [0.1, 0.15) is 0 Å². The number of primary amides is 1. The molecule has 2 amide bonds. The molecule has 1 heterocycles. The van der Waals surface area contributed by atoms with Crippen molar-refractivity contribution in [2.45, 2.75) is 12.8 Å². The zero-order valence-electron chi connectivity index (χ0n) is 11.1. The molecule has 0 radical (unpaired) electrons. The lowest BCUT2D eigenvalue weighted by Crippen LogP contribution is -2.41. The van der Waals surface area contributed by atoms with E-state index in [1.807, 2.05) is 0 Å². The first-order valence-electron chi connectivity index (χ1n) is 6.42. The highest BCUT2D eigenvalue weighted by atomic mass is 19.1. The number of halogens is 1. The second-order valence-electron chi connectivity index (χ2n) is 4.89. The summed E-state index contributed by atoms with van der Waals surface area (Å²) in [6, 6.07) is 3.06. The lowest BCUT2D eigenvalue weighted by atomic mass is 9.96. The molecule has 0 atom stereocenters. The van der Waals surface area contributed by atoms with Crippen molar-refractivity contribution < 1.29 is 18.9 Å². The van der Waals surface area contributed by atoms with Gasteiger partial charge in [-0.15, -0.1) is 0 Å². The molecule has 0 aliphatic carbocycles. The number of hydrogen-bond donors (Lipinski definition) is 1. The Morgan fingerprint density at radius 2 is 1.95 bits per heavy atom. The molecule has 2 rings (SSSR count). The van der Waals surface area contributed by atoms with Crippen LogP contribution in [-0.4, -0.2) is 34.7 Å². The molecule has 0 saturated carbocycles. The van der Waals surface area contributed by atoms with Crippen LogP contribution in [0.25, 0.3) is 0 Å². The number of nitrogens with zero attached hydrogens (tertiary/aromatic N) is 2. The van der Waals surface area contributed by atoms with E-state index in [0.29, 0.717) is 25.9 Å². The van der Waals surface area contributed by atoms with Crippen LogP contribution in [0.3, 0.4) is 0 Å². The van der Waals surface area contributed by atoms with Gasteiger partial charge in [-0.1, -0.05) is 0 Å². The number of amides is 2. The Morgan fingerprint density at radius 1 is 1.33 bits per heavy atom. The van der Waals surface area contributed by atoms with E-state index in [4.69, 9.17) is 5.73 Å². The molecule has 2 N–H and O–H groups in total. The lowest BCUT2D eigenvalue weighted by molar-refractivity contribution is -0.387. The topological polar surface area (TPSA) is 107 Å². The summed E-state index contributed by atoms with van der Waals surface area (Å²) in [5, 5.41) is 10.5. The van der Waals surface area contributed by atoms with Crippen molar-refractivity contribution in [1.82, 2.24) is 4.90 Å². The van der Waals surface area contributed by atoms with Crippen molar-refractivity contribution in [2.24, 2.45) is 11.7 Å². The van der Waals surface area contributed by atoms with Gasteiger partial charge in [0, 0.05) is 30.6 Å². The summed E-state index contributed by atoms with van der Waals surface area (Å²) in [6.07, 6.45) is 0.938. The molecule has 1 saturated heterocycles. The van der Waals surface area contributed by atoms with Gasteiger partial charge in [0.2, 0.25) is 11.7 Å². The number of rotatable bonds is 3. The molecule has 0 unspecified atom stereocenters. The van der Waals surface area contributed by atoms with Gasteiger partial charge in [-0.25, -0.2) is 0 Å². The maximum atomic E-state index is 13.5. The Kier molecular flexibility index (Phi) is 4.15. The summed E-state index contributed by atoms with van der Waals surface area (Å²) in [5.74, 6) is -2.09. The van der Waals surface area contributed by atoms with Crippen LogP contribution in [0.15, 0.2) is 18.2 Å². The van der Waals surface area contributed by atoms with Crippen LogP contribution in [-0.2, 0) is 4.79 Å². The van der Waals surface area contributed by atoms with E-state index in [-0.39, 0.29) is 17.4 Å². The minimum Gasteiger partial charge on any atom is -0.369 e. The SMILES string of the molecule is NC(=O)C1CCN(C(=O)c2ccc([N+](=O)[O-])c(F)c2)CC1. The zero-order chi connectivity index (χ0) is 15.6. The Hall–Kier alpha value is -2.51. The first-order valence-corrected chi connectivity index (χ1v) is 6.42. The number of hydrogen-bond acceptors (Lipinski definition) is 4. The van der Waals surface area contributed by atoms with E-state index < -0.39 is 22.3 Å². The largest absolute Gasteiger partial charge is 0.369 e. The Balaban J connectivity index is 2.09. The minimum atomic E-state index is -1.04. The fourth-order valence-corrected chi connectivity index (χ4v) is 2.34. The number of carbonyl (C=O) groups is 2. The van der Waals surface area contributed by atoms with E-state index in [1.165, 1.54) is 11.0 Å². The number of nitro benzene ring substituents is 1. The molecule has 0 aromatic heterocycles. The van der Waals surface area contributed by atoms with Crippen LogP contribution in [0, 0.1) is 21.8 Å². The first kappa shape index (κ1) is 14.9. The van der Waals surface area contributed by atoms with Crippen LogP contribution in [0.4, 0.5) is 10.1 Å². The fraction of sp³-hybridized carbons (Fsp3) is 0.385. The number of benzene rings is 1. The highest BCUT2D eigenvalue weighted by molar-refractivity contribution is 5.94. The molecule has 1 aromatic rings. The van der Waals surface area contributed by atoms with Crippen molar-refractivity contribution in [3.63, 3.8) is 0 Å². The summed E-state index contributed by atoms with van der Waals surface area (Å²) >= 11 is 0. The second-order valence-corrected chi connectivity index (χ2v) is 4.89. The number of carbonyl (C=O) groups excluding carboxylic acids is 2. The molecule has 8 heteroatoms. The Bertz CT molecular complexity index is 597. The second kappa shape index (κ2) is 5.86. The summed E-state index contributed by atoms with van der Waals surface area (Å²) in [7, 11) is 0. The van der Waals surface area contributed by atoms with Crippen LogP contribution >= 0.6 is 0 Å². The maximum Gasteiger partial charge on any atom is 0.304 e. The molecule has 112 valence electrons. The standard InChI is InChI=1S/C13H14FN3O4/c14-10-7-9(1-2-11(10)17(20)21)13(19)16-5-3-8(4-6-16)12(15)18/h1-2,7-8H,3-6H2,(H2,15,18). The molecule has 1 aliphatic rings. The monoisotopic (exact) mass is 295 g/mol. The molecular weight excluding hydrogens is 281 g/mol. The molecule has 21 heavy (non-hydrogen) atoms. The normalized spacial score (nSPS) is 15.8. The highest BCUT2D eigenvalue weighted by Gasteiger charge is 2.27. The quantitative estimate of drug-likeness (QED) is 0.664. The van der Waals surface area contributed by atoms with Gasteiger partial charge >= 0.3 is 5.69 Å².